The normalized spacial score (nSPS) is 11.7. The second-order valence-electron chi connectivity index (χ2n) is 6.25. The number of methoxy groups -OCH3 is 1. The Morgan fingerprint density at radius 2 is 2.04 bits per heavy atom. The molecule has 1 amide bonds. The molecule has 0 saturated heterocycles. The molecule has 0 fully saturated rings. The minimum absolute atomic E-state index is 0.147. The van der Waals surface area contributed by atoms with Crippen molar-refractivity contribution in [1.82, 2.24) is 9.47 Å². The monoisotopic (exact) mass is 372 g/mol. The summed E-state index contributed by atoms with van der Waals surface area (Å²) in [6.45, 7) is 8.95. The number of ketones is 1. The molecule has 0 aliphatic carbocycles. The van der Waals surface area contributed by atoms with Crippen LogP contribution in [0.2, 0.25) is 0 Å². The van der Waals surface area contributed by atoms with Crippen molar-refractivity contribution >= 4 is 17.7 Å². The third-order valence-electron chi connectivity index (χ3n) is 4.72. The minimum Gasteiger partial charge on any atom is -0.464 e. The molecule has 2 aromatic rings. The summed E-state index contributed by atoms with van der Waals surface area (Å²) in [6.07, 6.45) is 2.95. The van der Waals surface area contributed by atoms with Gasteiger partial charge in [-0.3, -0.25) is 9.59 Å². The summed E-state index contributed by atoms with van der Waals surface area (Å²) in [5.74, 6) is -1.04. The van der Waals surface area contributed by atoms with E-state index >= 15 is 0 Å². The van der Waals surface area contributed by atoms with Crippen LogP contribution in [-0.2, 0) is 11.8 Å². The number of carbonyl (C=O) groups excluding carboxylic acids is 3. The third kappa shape index (κ3) is 3.58. The molecule has 0 aromatic carbocycles. The van der Waals surface area contributed by atoms with E-state index in [-0.39, 0.29) is 18.1 Å². The van der Waals surface area contributed by atoms with Crippen molar-refractivity contribution in [3.8, 4) is 0 Å². The average Bonchev–Trinajstić information content (AvgIpc) is 3.25. The molecule has 1 unspecified atom stereocenters. The molecular formula is C20H24N2O5. The molecule has 0 aliphatic rings. The highest BCUT2D eigenvalue weighted by Crippen LogP contribution is 2.25. The fourth-order valence-electron chi connectivity index (χ4n) is 3.17. The molecule has 2 rings (SSSR count). The van der Waals surface area contributed by atoms with Crippen molar-refractivity contribution in [3.05, 3.63) is 59.3 Å². The highest BCUT2D eigenvalue weighted by Gasteiger charge is 2.32. The summed E-state index contributed by atoms with van der Waals surface area (Å²) in [6, 6.07) is 2.38. The third-order valence-corrected chi connectivity index (χ3v) is 4.72. The van der Waals surface area contributed by atoms with Gasteiger partial charge in [0, 0.05) is 24.8 Å². The van der Waals surface area contributed by atoms with Crippen LogP contribution in [-0.4, -0.2) is 46.8 Å². The van der Waals surface area contributed by atoms with Gasteiger partial charge in [0.05, 0.1) is 19.4 Å². The van der Waals surface area contributed by atoms with Gasteiger partial charge in [-0.15, -0.1) is 6.58 Å². The van der Waals surface area contributed by atoms with Gasteiger partial charge in [-0.05, 0) is 38.5 Å². The number of nitrogens with zero attached hydrogens (tertiary/aromatic N) is 2. The Balaban J connectivity index is 2.45. The van der Waals surface area contributed by atoms with Crippen LogP contribution in [0.5, 0.6) is 0 Å². The largest absolute Gasteiger partial charge is 0.464 e. The lowest BCUT2D eigenvalue weighted by molar-refractivity contribution is 0.0588. The Bertz CT molecular complexity index is 877. The molecule has 0 spiro atoms. The van der Waals surface area contributed by atoms with Crippen LogP contribution in [0.25, 0.3) is 0 Å². The standard InChI is InChI=1S/C20H24N2O5/c1-7-10-22(19(24)15-9-8-11-27-15)14(4)18(23)16-12(2)17(20(25)26-6)21(5)13(16)3/h7-9,11,14H,1,10H2,2-6H3. The number of carbonyl (C=O) groups is 3. The molecule has 0 saturated carbocycles. The number of amides is 1. The Kier molecular flexibility index (Phi) is 6.05. The van der Waals surface area contributed by atoms with E-state index in [2.05, 4.69) is 6.58 Å². The van der Waals surface area contributed by atoms with Gasteiger partial charge in [0.15, 0.2) is 11.5 Å². The highest BCUT2D eigenvalue weighted by molar-refractivity contribution is 6.07. The number of aromatic nitrogens is 1. The first kappa shape index (κ1) is 20.2. The summed E-state index contributed by atoms with van der Waals surface area (Å²) in [5.41, 5.74) is 1.89. The van der Waals surface area contributed by atoms with E-state index in [0.29, 0.717) is 22.5 Å². The Hall–Kier alpha value is -3.09. The molecule has 7 heteroatoms. The molecule has 2 heterocycles. The lowest BCUT2D eigenvalue weighted by Gasteiger charge is -2.26. The van der Waals surface area contributed by atoms with Gasteiger partial charge in [0.1, 0.15) is 5.69 Å². The van der Waals surface area contributed by atoms with E-state index in [1.807, 2.05) is 0 Å². The summed E-state index contributed by atoms with van der Waals surface area (Å²) in [5, 5.41) is 0. The van der Waals surface area contributed by atoms with Crippen LogP contribution in [0.15, 0.2) is 35.5 Å². The topological polar surface area (TPSA) is 81.8 Å². The number of hydrogen-bond donors (Lipinski definition) is 0. The fourth-order valence-corrected chi connectivity index (χ4v) is 3.17. The molecule has 0 aliphatic heterocycles. The number of esters is 1. The quantitative estimate of drug-likeness (QED) is 0.424. The number of Topliss-reactive ketones (excluding diaryl/α,β-unsaturated/α-hetero) is 1. The van der Waals surface area contributed by atoms with E-state index in [9.17, 15) is 14.4 Å². The van der Waals surface area contributed by atoms with Gasteiger partial charge in [0.25, 0.3) is 5.91 Å². The SMILES string of the molecule is C=CCN(C(=O)c1ccco1)C(C)C(=O)c1c(C)c(C(=O)OC)n(C)c1C. The van der Waals surface area contributed by atoms with Crippen LogP contribution in [0.1, 0.15) is 49.6 Å². The van der Waals surface area contributed by atoms with Crippen LogP contribution >= 0.6 is 0 Å². The van der Waals surface area contributed by atoms with Gasteiger partial charge >= 0.3 is 5.97 Å². The predicted octanol–water partition coefficient (Wildman–Crippen LogP) is 2.92. The maximum Gasteiger partial charge on any atom is 0.354 e. The summed E-state index contributed by atoms with van der Waals surface area (Å²) in [4.78, 5) is 39.4. The highest BCUT2D eigenvalue weighted by atomic mass is 16.5. The lowest BCUT2D eigenvalue weighted by Crippen LogP contribution is -2.43. The first-order valence-electron chi connectivity index (χ1n) is 8.49. The summed E-state index contributed by atoms with van der Waals surface area (Å²) in [7, 11) is 2.99. The molecule has 144 valence electrons. The first-order valence-corrected chi connectivity index (χ1v) is 8.49. The second kappa shape index (κ2) is 8.07. The number of ether oxygens (including phenoxy) is 1. The van der Waals surface area contributed by atoms with Crippen molar-refractivity contribution in [2.75, 3.05) is 13.7 Å². The zero-order chi connectivity index (χ0) is 20.3. The van der Waals surface area contributed by atoms with Crippen LogP contribution in [0.4, 0.5) is 0 Å². The van der Waals surface area contributed by atoms with Gasteiger partial charge in [-0.25, -0.2) is 4.79 Å². The van der Waals surface area contributed by atoms with Crippen molar-refractivity contribution in [2.45, 2.75) is 26.8 Å². The zero-order valence-corrected chi connectivity index (χ0v) is 16.2. The minimum atomic E-state index is -0.772. The van der Waals surface area contributed by atoms with Crippen LogP contribution in [0.3, 0.4) is 0 Å². The van der Waals surface area contributed by atoms with Crippen LogP contribution < -0.4 is 0 Å². The van der Waals surface area contributed by atoms with Gasteiger partial charge in [-0.2, -0.15) is 0 Å². The maximum absolute atomic E-state index is 13.2. The molecule has 0 N–H and O–H groups in total. The van der Waals surface area contributed by atoms with E-state index in [4.69, 9.17) is 9.15 Å². The summed E-state index contributed by atoms with van der Waals surface area (Å²) >= 11 is 0. The first-order chi connectivity index (χ1) is 12.8. The Morgan fingerprint density at radius 1 is 1.37 bits per heavy atom. The number of furan rings is 1. The van der Waals surface area contributed by atoms with Crippen molar-refractivity contribution < 1.29 is 23.5 Å². The molecule has 0 radical (unpaired) electrons. The van der Waals surface area contributed by atoms with Crippen LogP contribution in [0, 0.1) is 13.8 Å². The Morgan fingerprint density at radius 3 is 2.56 bits per heavy atom. The van der Waals surface area contributed by atoms with Gasteiger partial charge < -0.3 is 18.6 Å². The molecular weight excluding hydrogens is 348 g/mol. The molecule has 27 heavy (non-hydrogen) atoms. The lowest BCUT2D eigenvalue weighted by atomic mass is 9.99. The van der Waals surface area contributed by atoms with Crippen molar-refractivity contribution in [2.24, 2.45) is 7.05 Å². The van der Waals surface area contributed by atoms with Crippen molar-refractivity contribution in [3.63, 3.8) is 0 Å². The van der Waals surface area contributed by atoms with Gasteiger partial charge in [-0.1, -0.05) is 6.08 Å². The van der Waals surface area contributed by atoms with E-state index in [0.717, 1.165) is 0 Å². The molecule has 1 atom stereocenters. The van der Waals surface area contributed by atoms with E-state index in [1.165, 1.54) is 18.3 Å². The molecule has 2 aromatic heterocycles. The zero-order valence-electron chi connectivity index (χ0n) is 16.2. The average molecular weight is 372 g/mol. The fraction of sp³-hybridized carbons (Fsp3) is 0.350. The second-order valence-corrected chi connectivity index (χ2v) is 6.25. The smallest absolute Gasteiger partial charge is 0.354 e. The van der Waals surface area contributed by atoms with E-state index in [1.54, 1.807) is 50.6 Å². The predicted molar refractivity (Wildman–Crippen MR) is 100.0 cm³/mol. The molecule has 7 nitrogen and oxygen atoms in total. The van der Waals surface area contributed by atoms with E-state index < -0.39 is 17.9 Å². The Labute approximate surface area is 158 Å². The summed E-state index contributed by atoms with van der Waals surface area (Å²) < 4.78 is 11.6. The van der Waals surface area contributed by atoms with Gasteiger partial charge in [0.2, 0.25) is 0 Å². The van der Waals surface area contributed by atoms with Crippen molar-refractivity contribution in [1.29, 1.82) is 0 Å². The number of rotatable bonds is 7. The molecule has 0 bridgehead atoms. The maximum atomic E-state index is 13.2. The number of hydrogen-bond acceptors (Lipinski definition) is 5.